The van der Waals surface area contributed by atoms with Crippen LogP contribution in [0.25, 0.3) is 0 Å². The maximum Gasteiger partial charge on any atom is 0.319 e. The molecule has 1 atom stereocenters. The molecule has 3 N–H and O–H groups in total. The van der Waals surface area contributed by atoms with Crippen LogP contribution < -0.4 is 16.0 Å². The van der Waals surface area contributed by atoms with Gasteiger partial charge in [0.2, 0.25) is 0 Å². The SMILES string of the molecule is CCc1c(C(=O)Nc2ccc(NC(=O)NCC3CCCO3)cc2)cnn1Cc1ccccc1. The van der Waals surface area contributed by atoms with Crippen LogP contribution in [0.15, 0.2) is 60.8 Å². The summed E-state index contributed by atoms with van der Waals surface area (Å²) in [4.78, 5) is 24.9. The van der Waals surface area contributed by atoms with Gasteiger partial charge in [-0.25, -0.2) is 4.79 Å². The predicted molar refractivity (Wildman–Crippen MR) is 128 cm³/mol. The molecule has 0 bridgehead atoms. The zero-order chi connectivity index (χ0) is 23.0. The summed E-state index contributed by atoms with van der Waals surface area (Å²) in [6.45, 7) is 3.89. The Kier molecular flexibility index (Phi) is 7.36. The molecule has 1 unspecified atom stereocenters. The van der Waals surface area contributed by atoms with Gasteiger partial charge in [-0.15, -0.1) is 0 Å². The summed E-state index contributed by atoms with van der Waals surface area (Å²) >= 11 is 0. The number of amides is 3. The summed E-state index contributed by atoms with van der Waals surface area (Å²) in [5.74, 6) is -0.207. The van der Waals surface area contributed by atoms with Gasteiger partial charge in [0.25, 0.3) is 5.91 Å². The topological polar surface area (TPSA) is 97.3 Å². The lowest BCUT2D eigenvalue weighted by atomic mass is 10.1. The molecule has 8 heteroatoms. The molecule has 1 saturated heterocycles. The first-order valence-electron chi connectivity index (χ1n) is 11.3. The second-order valence-corrected chi connectivity index (χ2v) is 8.00. The van der Waals surface area contributed by atoms with Crippen molar-refractivity contribution in [1.82, 2.24) is 15.1 Å². The van der Waals surface area contributed by atoms with Crippen molar-refractivity contribution in [2.45, 2.75) is 38.8 Å². The molecule has 2 aromatic carbocycles. The third kappa shape index (κ3) is 5.98. The molecule has 2 heterocycles. The van der Waals surface area contributed by atoms with Gasteiger partial charge in [-0.3, -0.25) is 9.48 Å². The fraction of sp³-hybridized carbons (Fsp3) is 0.320. The highest BCUT2D eigenvalue weighted by molar-refractivity contribution is 6.05. The van der Waals surface area contributed by atoms with Crippen LogP contribution in [0.4, 0.5) is 16.2 Å². The fourth-order valence-electron chi connectivity index (χ4n) is 3.89. The van der Waals surface area contributed by atoms with Crippen molar-refractivity contribution in [2.24, 2.45) is 0 Å². The lowest BCUT2D eigenvalue weighted by molar-refractivity contribution is 0.102. The van der Waals surface area contributed by atoms with E-state index in [0.29, 0.717) is 36.4 Å². The first-order chi connectivity index (χ1) is 16.1. The van der Waals surface area contributed by atoms with E-state index >= 15 is 0 Å². The van der Waals surface area contributed by atoms with Gasteiger partial charge in [-0.1, -0.05) is 37.3 Å². The van der Waals surface area contributed by atoms with E-state index in [0.717, 1.165) is 30.7 Å². The maximum absolute atomic E-state index is 12.9. The van der Waals surface area contributed by atoms with Crippen LogP contribution in [0.3, 0.4) is 0 Å². The fourth-order valence-corrected chi connectivity index (χ4v) is 3.89. The molecular formula is C25H29N5O3. The van der Waals surface area contributed by atoms with E-state index < -0.39 is 0 Å². The highest BCUT2D eigenvalue weighted by Gasteiger charge is 2.17. The summed E-state index contributed by atoms with van der Waals surface area (Å²) in [5, 5.41) is 13.0. The lowest BCUT2D eigenvalue weighted by Gasteiger charge is -2.12. The van der Waals surface area contributed by atoms with Crippen LogP contribution in [0, 0.1) is 0 Å². The Balaban J connectivity index is 1.33. The summed E-state index contributed by atoms with van der Waals surface area (Å²) < 4.78 is 7.37. The molecule has 4 rings (SSSR count). The van der Waals surface area contributed by atoms with Gasteiger partial charge >= 0.3 is 6.03 Å². The standard InChI is InChI=1S/C25H29N5O3/c1-2-23-22(16-27-30(23)17-18-7-4-3-5-8-18)24(31)28-19-10-12-20(13-11-19)29-25(32)26-15-21-9-6-14-33-21/h3-5,7-8,10-13,16,21H,2,6,9,14-15,17H2,1H3,(H,28,31)(H2,26,29,32). The van der Waals surface area contributed by atoms with Gasteiger partial charge < -0.3 is 20.7 Å². The number of hydrogen-bond donors (Lipinski definition) is 3. The number of benzene rings is 2. The zero-order valence-corrected chi connectivity index (χ0v) is 18.7. The van der Waals surface area contributed by atoms with Crippen LogP contribution in [0.5, 0.6) is 0 Å². The Morgan fingerprint density at radius 3 is 2.45 bits per heavy atom. The van der Waals surface area contributed by atoms with Crippen molar-refractivity contribution in [3.05, 3.63) is 77.6 Å². The van der Waals surface area contributed by atoms with Gasteiger partial charge in [0.15, 0.2) is 0 Å². The molecule has 3 amide bonds. The minimum absolute atomic E-state index is 0.0957. The number of carbonyl (C=O) groups is 2. The molecule has 0 radical (unpaired) electrons. The highest BCUT2D eigenvalue weighted by Crippen LogP contribution is 2.18. The molecule has 1 aromatic heterocycles. The van der Waals surface area contributed by atoms with Crippen LogP contribution in [-0.4, -0.2) is 41.0 Å². The normalized spacial score (nSPS) is 15.2. The summed E-state index contributed by atoms with van der Waals surface area (Å²) in [7, 11) is 0. The first kappa shape index (κ1) is 22.5. The molecule has 1 aliphatic heterocycles. The van der Waals surface area contributed by atoms with E-state index in [2.05, 4.69) is 21.0 Å². The van der Waals surface area contributed by atoms with E-state index in [1.165, 1.54) is 0 Å². The largest absolute Gasteiger partial charge is 0.376 e. The number of rotatable bonds is 8. The Labute approximate surface area is 193 Å². The number of aromatic nitrogens is 2. The molecule has 0 saturated carbocycles. The van der Waals surface area contributed by atoms with Crippen molar-refractivity contribution in [3.8, 4) is 0 Å². The number of ether oxygens (including phenoxy) is 1. The van der Waals surface area contributed by atoms with Gasteiger partial charge in [0, 0.05) is 24.5 Å². The summed E-state index contributed by atoms with van der Waals surface area (Å²) in [6.07, 6.45) is 4.41. The first-order valence-corrected chi connectivity index (χ1v) is 11.3. The van der Waals surface area contributed by atoms with E-state index in [9.17, 15) is 9.59 Å². The molecule has 1 fully saturated rings. The van der Waals surface area contributed by atoms with Gasteiger partial charge in [0.1, 0.15) is 0 Å². The second kappa shape index (κ2) is 10.8. The Morgan fingerprint density at radius 1 is 1.06 bits per heavy atom. The van der Waals surface area contributed by atoms with Crippen LogP contribution in [-0.2, 0) is 17.7 Å². The Morgan fingerprint density at radius 2 is 1.79 bits per heavy atom. The van der Waals surface area contributed by atoms with Crippen molar-refractivity contribution in [2.75, 3.05) is 23.8 Å². The molecular weight excluding hydrogens is 418 g/mol. The van der Waals surface area contributed by atoms with Crippen molar-refractivity contribution in [1.29, 1.82) is 0 Å². The highest BCUT2D eigenvalue weighted by atomic mass is 16.5. The lowest BCUT2D eigenvalue weighted by Crippen LogP contribution is -2.35. The molecule has 0 spiro atoms. The third-order valence-corrected chi connectivity index (χ3v) is 5.62. The minimum atomic E-state index is -0.277. The molecule has 1 aliphatic rings. The van der Waals surface area contributed by atoms with Crippen LogP contribution >= 0.6 is 0 Å². The van der Waals surface area contributed by atoms with Crippen molar-refractivity contribution >= 4 is 23.3 Å². The number of nitrogens with one attached hydrogen (secondary N) is 3. The van der Waals surface area contributed by atoms with Gasteiger partial charge in [-0.2, -0.15) is 5.10 Å². The molecule has 172 valence electrons. The van der Waals surface area contributed by atoms with E-state index in [1.807, 2.05) is 41.9 Å². The number of hydrogen-bond acceptors (Lipinski definition) is 4. The number of urea groups is 1. The second-order valence-electron chi connectivity index (χ2n) is 8.00. The molecule has 8 nitrogen and oxygen atoms in total. The Hall–Kier alpha value is -3.65. The third-order valence-electron chi connectivity index (χ3n) is 5.62. The van der Waals surface area contributed by atoms with Crippen LogP contribution in [0.1, 0.15) is 41.4 Å². The van der Waals surface area contributed by atoms with Crippen molar-refractivity contribution < 1.29 is 14.3 Å². The quantitative estimate of drug-likeness (QED) is 0.485. The smallest absolute Gasteiger partial charge is 0.319 e. The predicted octanol–water partition coefficient (Wildman–Crippen LogP) is 4.05. The van der Waals surface area contributed by atoms with E-state index in [4.69, 9.17) is 4.74 Å². The zero-order valence-electron chi connectivity index (χ0n) is 18.7. The van der Waals surface area contributed by atoms with Crippen molar-refractivity contribution in [3.63, 3.8) is 0 Å². The Bertz CT molecular complexity index is 1070. The minimum Gasteiger partial charge on any atom is -0.376 e. The van der Waals surface area contributed by atoms with E-state index in [-0.39, 0.29) is 18.0 Å². The van der Waals surface area contributed by atoms with Gasteiger partial charge in [-0.05, 0) is 49.1 Å². The van der Waals surface area contributed by atoms with Crippen LogP contribution in [0.2, 0.25) is 0 Å². The average Bonchev–Trinajstić information content (AvgIpc) is 3.49. The van der Waals surface area contributed by atoms with Gasteiger partial charge in [0.05, 0.1) is 30.1 Å². The monoisotopic (exact) mass is 447 g/mol. The number of carbonyl (C=O) groups excluding carboxylic acids is 2. The average molecular weight is 448 g/mol. The molecule has 3 aromatic rings. The number of nitrogens with zero attached hydrogens (tertiary/aromatic N) is 2. The number of anilines is 2. The van der Waals surface area contributed by atoms with E-state index in [1.54, 1.807) is 30.5 Å². The molecule has 0 aliphatic carbocycles. The summed E-state index contributed by atoms with van der Waals surface area (Å²) in [5.41, 5.74) is 3.86. The summed E-state index contributed by atoms with van der Waals surface area (Å²) in [6, 6.07) is 16.8. The molecule has 33 heavy (non-hydrogen) atoms. The maximum atomic E-state index is 12.9.